The Balaban J connectivity index is 2.06. The van der Waals surface area contributed by atoms with Gasteiger partial charge in [-0.15, -0.1) is 0 Å². The molecule has 0 saturated heterocycles. The third-order valence-electron chi connectivity index (χ3n) is 2.76. The number of nitrogens with zero attached hydrogens (tertiary/aromatic N) is 1. The Labute approximate surface area is 127 Å². The molecule has 0 saturated carbocycles. The second-order valence-corrected chi connectivity index (χ2v) is 4.79. The topological polar surface area (TPSA) is 54.0 Å². The Kier molecular flexibility index (Phi) is 5.11. The number of aromatic nitrogens is 1. The maximum atomic E-state index is 13.1. The highest BCUT2D eigenvalue weighted by atomic mass is 35.5. The number of carbonyl (C=O) groups is 1. The van der Waals surface area contributed by atoms with Crippen molar-refractivity contribution in [2.45, 2.75) is 13.5 Å². The largest absolute Gasteiger partial charge is 0.370 e. The summed E-state index contributed by atoms with van der Waals surface area (Å²) in [4.78, 5) is 16.2. The lowest BCUT2D eigenvalue weighted by Crippen LogP contribution is -2.23. The molecule has 0 fully saturated rings. The van der Waals surface area contributed by atoms with Crippen LogP contribution in [0.2, 0.25) is 5.15 Å². The van der Waals surface area contributed by atoms with Crippen molar-refractivity contribution in [3.05, 3.63) is 58.5 Å². The second kappa shape index (κ2) is 7.04. The van der Waals surface area contributed by atoms with Crippen LogP contribution in [-0.2, 0) is 6.54 Å². The van der Waals surface area contributed by atoms with E-state index in [1.54, 1.807) is 18.2 Å². The average Bonchev–Trinajstić information content (AvgIpc) is 2.44. The molecule has 2 N–H and O–H groups in total. The van der Waals surface area contributed by atoms with Crippen molar-refractivity contribution in [2.75, 3.05) is 11.9 Å². The Hall–Kier alpha value is -2.14. The molecule has 1 aromatic carbocycles. The summed E-state index contributed by atoms with van der Waals surface area (Å²) in [5, 5.41) is 5.96. The third-order valence-corrected chi connectivity index (χ3v) is 2.95. The van der Waals surface area contributed by atoms with Gasteiger partial charge in [-0.3, -0.25) is 4.79 Å². The molecule has 0 aliphatic heterocycles. The van der Waals surface area contributed by atoms with Crippen LogP contribution in [0, 0.1) is 5.82 Å². The number of halogens is 2. The van der Waals surface area contributed by atoms with Crippen LogP contribution >= 0.6 is 11.6 Å². The van der Waals surface area contributed by atoms with Gasteiger partial charge in [-0.2, -0.15) is 0 Å². The van der Waals surface area contributed by atoms with Crippen molar-refractivity contribution in [3.63, 3.8) is 0 Å². The van der Waals surface area contributed by atoms with Gasteiger partial charge in [0, 0.05) is 18.7 Å². The molecule has 0 bridgehead atoms. The van der Waals surface area contributed by atoms with E-state index in [1.165, 1.54) is 18.2 Å². The van der Waals surface area contributed by atoms with Gasteiger partial charge in [-0.25, -0.2) is 9.37 Å². The smallest absolute Gasteiger partial charge is 0.251 e. The highest BCUT2D eigenvalue weighted by Gasteiger charge is 2.09. The third kappa shape index (κ3) is 4.43. The van der Waals surface area contributed by atoms with E-state index >= 15 is 0 Å². The maximum Gasteiger partial charge on any atom is 0.251 e. The molecule has 110 valence electrons. The van der Waals surface area contributed by atoms with Crippen molar-refractivity contribution in [3.8, 4) is 0 Å². The predicted molar refractivity (Wildman–Crippen MR) is 81.0 cm³/mol. The minimum absolute atomic E-state index is 0.240. The molecule has 6 heteroatoms. The number of carbonyl (C=O) groups excluding carboxylic acids is 1. The van der Waals surface area contributed by atoms with E-state index in [1.807, 2.05) is 6.92 Å². The van der Waals surface area contributed by atoms with Crippen LogP contribution in [0.15, 0.2) is 36.4 Å². The maximum absolute atomic E-state index is 13.1. The van der Waals surface area contributed by atoms with Crippen LogP contribution in [-0.4, -0.2) is 17.4 Å². The van der Waals surface area contributed by atoms with E-state index in [9.17, 15) is 9.18 Å². The minimum atomic E-state index is -0.330. The molecule has 0 atom stereocenters. The van der Waals surface area contributed by atoms with Gasteiger partial charge in [0.25, 0.3) is 5.91 Å². The molecule has 0 unspecified atom stereocenters. The molecule has 0 aliphatic rings. The molecule has 1 heterocycles. The van der Waals surface area contributed by atoms with Gasteiger partial charge in [-0.1, -0.05) is 23.7 Å². The van der Waals surface area contributed by atoms with Gasteiger partial charge in [0.15, 0.2) is 0 Å². The molecule has 0 radical (unpaired) electrons. The summed E-state index contributed by atoms with van der Waals surface area (Å²) >= 11 is 5.89. The van der Waals surface area contributed by atoms with Gasteiger partial charge in [0.05, 0.1) is 0 Å². The molecule has 2 rings (SSSR count). The Morgan fingerprint density at radius 1 is 1.33 bits per heavy atom. The van der Waals surface area contributed by atoms with E-state index in [0.29, 0.717) is 23.5 Å². The lowest BCUT2D eigenvalue weighted by atomic mass is 10.2. The fourth-order valence-electron chi connectivity index (χ4n) is 1.83. The first kappa shape index (κ1) is 15.3. The first-order valence-electron chi connectivity index (χ1n) is 6.52. The summed E-state index contributed by atoms with van der Waals surface area (Å²) in [6.45, 7) is 2.84. The number of amides is 1. The van der Waals surface area contributed by atoms with Gasteiger partial charge in [-0.05, 0) is 36.8 Å². The molecule has 2 aromatic rings. The summed E-state index contributed by atoms with van der Waals surface area (Å²) in [6, 6.07) is 9.19. The molecular weight excluding hydrogens is 293 g/mol. The Morgan fingerprint density at radius 3 is 2.86 bits per heavy atom. The normalized spacial score (nSPS) is 10.2. The number of hydrogen-bond acceptors (Lipinski definition) is 3. The Morgan fingerprint density at radius 2 is 2.14 bits per heavy atom. The first-order valence-corrected chi connectivity index (χ1v) is 6.90. The standard InChI is InChI=1S/C15H15ClFN3O/c1-2-18-14-8-11(7-13(16)20-14)15(21)19-9-10-4-3-5-12(17)6-10/h3-8H,2,9H2,1H3,(H,18,20)(H,19,21). The second-order valence-electron chi connectivity index (χ2n) is 4.41. The number of pyridine rings is 1. The predicted octanol–water partition coefficient (Wildman–Crippen LogP) is 3.24. The SMILES string of the molecule is CCNc1cc(C(=O)NCc2cccc(F)c2)cc(Cl)n1. The van der Waals surface area contributed by atoms with E-state index in [0.717, 1.165) is 0 Å². The van der Waals surface area contributed by atoms with Crippen LogP contribution in [0.1, 0.15) is 22.8 Å². The van der Waals surface area contributed by atoms with E-state index in [4.69, 9.17) is 11.6 Å². The summed E-state index contributed by atoms with van der Waals surface area (Å²) in [5.74, 6) is -0.0771. The lowest BCUT2D eigenvalue weighted by molar-refractivity contribution is 0.0951. The molecule has 21 heavy (non-hydrogen) atoms. The van der Waals surface area contributed by atoms with Gasteiger partial charge in [0.2, 0.25) is 0 Å². The van der Waals surface area contributed by atoms with Crippen LogP contribution in [0.25, 0.3) is 0 Å². The molecular formula is C15H15ClFN3O. The summed E-state index contributed by atoms with van der Waals surface area (Å²) in [5.41, 5.74) is 1.10. The van der Waals surface area contributed by atoms with Crippen molar-refractivity contribution in [1.82, 2.24) is 10.3 Å². The number of hydrogen-bond donors (Lipinski definition) is 2. The zero-order chi connectivity index (χ0) is 15.2. The highest BCUT2D eigenvalue weighted by molar-refractivity contribution is 6.29. The quantitative estimate of drug-likeness (QED) is 0.834. The van der Waals surface area contributed by atoms with Crippen LogP contribution in [0.4, 0.5) is 10.2 Å². The van der Waals surface area contributed by atoms with Crippen molar-refractivity contribution in [2.24, 2.45) is 0 Å². The summed E-state index contributed by atoms with van der Waals surface area (Å²) < 4.78 is 13.1. The van der Waals surface area contributed by atoms with Crippen molar-refractivity contribution in [1.29, 1.82) is 0 Å². The zero-order valence-corrected chi connectivity index (χ0v) is 12.2. The molecule has 1 amide bonds. The Bertz CT molecular complexity index is 649. The van der Waals surface area contributed by atoms with E-state index < -0.39 is 0 Å². The fraction of sp³-hybridized carbons (Fsp3) is 0.200. The van der Waals surface area contributed by atoms with Crippen molar-refractivity contribution < 1.29 is 9.18 Å². The van der Waals surface area contributed by atoms with Gasteiger partial charge >= 0.3 is 0 Å². The van der Waals surface area contributed by atoms with Gasteiger partial charge < -0.3 is 10.6 Å². The van der Waals surface area contributed by atoms with E-state index in [-0.39, 0.29) is 23.4 Å². The minimum Gasteiger partial charge on any atom is -0.370 e. The number of nitrogens with one attached hydrogen (secondary N) is 2. The zero-order valence-electron chi connectivity index (χ0n) is 11.5. The monoisotopic (exact) mass is 307 g/mol. The molecule has 0 aliphatic carbocycles. The number of benzene rings is 1. The molecule has 1 aromatic heterocycles. The average molecular weight is 308 g/mol. The number of anilines is 1. The van der Waals surface area contributed by atoms with Crippen LogP contribution < -0.4 is 10.6 Å². The van der Waals surface area contributed by atoms with Crippen LogP contribution in [0.3, 0.4) is 0 Å². The summed E-state index contributed by atoms with van der Waals surface area (Å²) in [6.07, 6.45) is 0. The summed E-state index contributed by atoms with van der Waals surface area (Å²) in [7, 11) is 0. The number of rotatable bonds is 5. The first-order chi connectivity index (χ1) is 10.1. The molecule has 4 nitrogen and oxygen atoms in total. The van der Waals surface area contributed by atoms with E-state index in [2.05, 4.69) is 15.6 Å². The van der Waals surface area contributed by atoms with Gasteiger partial charge in [0.1, 0.15) is 16.8 Å². The highest BCUT2D eigenvalue weighted by Crippen LogP contribution is 2.14. The van der Waals surface area contributed by atoms with Crippen LogP contribution in [0.5, 0.6) is 0 Å². The lowest BCUT2D eigenvalue weighted by Gasteiger charge is -2.08. The molecule has 0 spiro atoms. The fourth-order valence-corrected chi connectivity index (χ4v) is 2.04. The van der Waals surface area contributed by atoms with Crippen molar-refractivity contribution >= 4 is 23.3 Å².